The Kier molecular flexibility index (Phi) is 4.13. The van der Waals surface area contributed by atoms with Gasteiger partial charge in [0.2, 0.25) is 10.1 Å². The van der Waals surface area contributed by atoms with E-state index in [2.05, 4.69) is 20.8 Å². The van der Waals surface area contributed by atoms with E-state index < -0.39 is 0 Å². The van der Waals surface area contributed by atoms with E-state index in [0.29, 0.717) is 16.7 Å². The van der Waals surface area contributed by atoms with Crippen LogP contribution in [0.1, 0.15) is 29.1 Å². The Bertz CT molecular complexity index is 417. The minimum atomic E-state index is -0.141. The number of carbonyl (C=O) groups is 1. The van der Waals surface area contributed by atoms with Crippen molar-refractivity contribution in [1.29, 1.82) is 0 Å². The number of rotatable bonds is 7. The number of methoxy groups -OCH3 is 1. The van der Waals surface area contributed by atoms with Gasteiger partial charge in [0.05, 0.1) is 0 Å². The predicted molar refractivity (Wildman–Crippen MR) is 69.9 cm³/mol. The summed E-state index contributed by atoms with van der Waals surface area (Å²) in [5.74, 6) is -0.141. The molecule has 1 aliphatic carbocycles. The fourth-order valence-electron chi connectivity index (χ4n) is 1.77. The SMILES string of the molecule is CNc1nnc(C(=O)NCC2(CCOC)CC2)s1. The summed E-state index contributed by atoms with van der Waals surface area (Å²) in [7, 11) is 3.46. The largest absolute Gasteiger partial charge is 0.385 e. The molecule has 0 aliphatic heterocycles. The fourth-order valence-corrected chi connectivity index (χ4v) is 2.38. The molecule has 0 aromatic carbocycles. The first-order valence-corrected chi connectivity index (χ1v) is 6.79. The maximum atomic E-state index is 11.9. The van der Waals surface area contributed by atoms with Crippen molar-refractivity contribution >= 4 is 22.4 Å². The fraction of sp³-hybridized carbons (Fsp3) is 0.727. The van der Waals surface area contributed by atoms with E-state index in [-0.39, 0.29) is 11.3 Å². The van der Waals surface area contributed by atoms with Crippen LogP contribution in [0.4, 0.5) is 5.13 Å². The Morgan fingerprint density at radius 3 is 2.83 bits per heavy atom. The van der Waals surface area contributed by atoms with Crippen LogP contribution in [0.5, 0.6) is 0 Å². The lowest BCUT2D eigenvalue weighted by Gasteiger charge is -2.14. The third-order valence-electron chi connectivity index (χ3n) is 3.25. The lowest BCUT2D eigenvalue weighted by atomic mass is 10.0. The van der Waals surface area contributed by atoms with Gasteiger partial charge in [0.1, 0.15) is 0 Å². The van der Waals surface area contributed by atoms with Gasteiger partial charge in [-0.2, -0.15) is 0 Å². The van der Waals surface area contributed by atoms with Gasteiger partial charge in [0, 0.05) is 27.3 Å². The molecule has 0 saturated heterocycles. The van der Waals surface area contributed by atoms with Crippen LogP contribution >= 0.6 is 11.3 Å². The number of hydrogen-bond donors (Lipinski definition) is 2. The first-order valence-electron chi connectivity index (χ1n) is 5.97. The summed E-state index contributed by atoms with van der Waals surface area (Å²) in [4.78, 5) is 11.9. The smallest absolute Gasteiger partial charge is 0.282 e. The number of nitrogens with zero attached hydrogens (tertiary/aromatic N) is 2. The van der Waals surface area contributed by atoms with Gasteiger partial charge in [-0.05, 0) is 24.7 Å². The maximum Gasteiger partial charge on any atom is 0.282 e. The monoisotopic (exact) mass is 270 g/mol. The number of ether oxygens (including phenoxy) is 1. The van der Waals surface area contributed by atoms with E-state index in [0.717, 1.165) is 25.9 Å². The number of carbonyl (C=O) groups excluding carboxylic acids is 1. The first-order chi connectivity index (χ1) is 8.69. The second-order valence-corrected chi connectivity index (χ2v) is 5.57. The van der Waals surface area contributed by atoms with Gasteiger partial charge in [0.25, 0.3) is 5.91 Å². The standard InChI is InChI=1S/C11H18N4O2S/c1-12-10-15-14-9(18-10)8(16)13-7-11(3-4-11)5-6-17-2/h3-7H2,1-2H3,(H,12,15)(H,13,16). The molecule has 1 amide bonds. The van der Waals surface area contributed by atoms with Crippen LogP contribution in [0.2, 0.25) is 0 Å². The summed E-state index contributed by atoms with van der Waals surface area (Å²) in [5.41, 5.74) is 0.252. The van der Waals surface area contributed by atoms with Gasteiger partial charge in [-0.15, -0.1) is 10.2 Å². The minimum Gasteiger partial charge on any atom is -0.385 e. The Labute approximate surface area is 110 Å². The molecule has 7 heteroatoms. The molecule has 1 fully saturated rings. The molecule has 1 heterocycles. The molecule has 0 unspecified atom stereocenters. The molecular weight excluding hydrogens is 252 g/mol. The topological polar surface area (TPSA) is 76.1 Å². The second kappa shape index (κ2) is 5.62. The normalized spacial score (nSPS) is 16.3. The molecule has 1 aliphatic rings. The highest BCUT2D eigenvalue weighted by molar-refractivity contribution is 7.17. The van der Waals surface area contributed by atoms with Crippen LogP contribution in [0.3, 0.4) is 0 Å². The minimum absolute atomic E-state index is 0.141. The van der Waals surface area contributed by atoms with Crippen molar-refractivity contribution in [2.45, 2.75) is 19.3 Å². The molecule has 2 rings (SSSR count). The van der Waals surface area contributed by atoms with Crippen LogP contribution in [0.25, 0.3) is 0 Å². The highest BCUT2D eigenvalue weighted by Crippen LogP contribution is 2.48. The first kappa shape index (κ1) is 13.2. The summed E-state index contributed by atoms with van der Waals surface area (Å²) in [6.45, 7) is 1.45. The van der Waals surface area contributed by atoms with Gasteiger partial charge in [-0.3, -0.25) is 4.79 Å². The Morgan fingerprint density at radius 2 is 2.28 bits per heavy atom. The average molecular weight is 270 g/mol. The van der Waals surface area contributed by atoms with E-state index in [9.17, 15) is 4.79 Å². The lowest BCUT2D eigenvalue weighted by Crippen LogP contribution is -2.30. The van der Waals surface area contributed by atoms with Crippen LogP contribution < -0.4 is 10.6 Å². The zero-order valence-corrected chi connectivity index (χ0v) is 11.5. The molecule has 100 valence electrons. The van der Waals surface area contributed by atoms with E-state index in [4.69, 9.17) is 4.74 Å². The van der Waals surface area contributed by atoms with Crippen molar-refractivity contribution < 1.29 is 9.53 Å². The molecule has 0 bridgehead atoms. The van der Waals surface area contributed by atoms with E-state index in [1.807, 2.05) is 0 Å². The molecular formula is C11H18N4O2S. The van der Waals surface area contributed by atoms with Crippen molar-refractivity contribution in [3.63, 3.8) is 0 Å². The summed E-state index contributed by atoms with van der Waals surface area (Å²) < 4.78 is 5.09. The van der Waals surface area contributed by atoms with Gasteiger partial charge in [-0.25, -0.2) is 0 Å². The Balaban J connectivity index is 1.81. The van der Waals surface area contributed by atoms with Crippen LogP contribution in [-0.2, 0) is 4.74 Å². The number of anilines is 1. The maximum absolute atomic E-state index is 11.9. The molecule has 18 heavy (non-hydrogen) atoms. The Morgan fingerprint density at radius 1 is 1.50 bits per heavy atom. The third-order valence-corrected chi connectivity index (χ3v) is 4.19. The van der Waals surface area contributed by atoms with Gasteiger partial charge < -0.3 is 15.4 Å². The highest BCUT2D eigenvalue weighted by Gasteiger charge is 2.42. The second-order valence-electron chi connectivity index (χ2n) is 4.59. The third kappa shape index (κ3) is 3.17. The van der Waals surface area contributed by atoms with Gasteiger partial charge >= 0.3 is 0 Å². The molecule has 1 saturated carbocycles. The molecule has 1 aromatic heterocycles. The van der Waals surface area contributed by atoms with Crippen molar-refractivity contribution in [3.8, 4) is 0 Å². The lowest BCUT2D eigenvalue weighted by molar-refractivity contribution is 0.0937. The molecule has 6 nitrogen and oxygen atoms in total. The van der Waals surface area contributed by atoms with Crippen molar-refractivity contribution in [1.82, 2.24) is 15.5 Å². The van der Waals surface area contributed by atoms with Gasteiger partial charge in [-0.1, -0.05) is 11.3 Å². The van der Waals surface area contributed by atoms with Gasteiger partial charge in [0.15, 0.2) is 0 Å². The molecule has 2 N–H and O–H groups in total. The molecule has 1 aromatic rings. The molecule has 0 atom stereocenters. The van der Waals surface area contributed by atoms with Crippen molar-refractivity contribution in [3.05, 3.63) is 5.01 Å². The zero-order chi connectivity index (χ0) is 13.0. The Hall–Kier alpha value is -1.21. The molecule has 0 spiro atoms. The number of amides is 1. The van der Waals surface area contributed by atoms with Crippen LogP contribution in [0, 0.1) is 5.41 Å². The van der Waals surface area contributed by atoms with Crippen LogP contribution in [-0.4, -0.2) is 43.4 Å². The summed E-state index contributed by atoms with van der Waals surface area (Å²) in [6.07, 6.45) is 3.32. The van der Waals surface area contributed by atoms with Crippen molar-refractivity contribution in [2.24, 2.45) is 5.41 Å². The highest BCUT2D eigenvalue weighted by atomic mass is 32.1. The quantitative estimate of drug-likeness (QED) is 0.776. The number of nitrogens with one attached hydrogen (secondary N) is 2. The number of hydrogen-bond acceptors (Lipinski definition) is 6. The summed E-state index contributed by atoms with van der Waals surface area (Å²) >= 11 is 1.26. The molecule has 0 radical (unpaired) electrons. The van der Waals surface area contributed by atoms with Crippen molar-refractivity contribution in [2.75, 3.05) is 32.6 Å². The summed E-state index contributed by atoms with van der Waals surface area (Å²) in [5, 5.41) is 14.5. The summed E-state index contributed by atoms with van der Waals surface area (Å²) in [6, 6.07) is 0. The average Bonchev–Trinajstić information content (AvgIpc) is 2.99. The van der Waals surface area contributed by atoms with E-state index >= 15 is 0 Å². The van der Waals surface area contributed by atoms with E-state index in [1.165, 1.54) is 11.3 Å². The zero-order valence-electron chi connectivity index (χ0n) is 10.7. The number of aromatic nitrogens is 2. The predicted octanol–water partition coefficient (Wildman–Crippen LogP) is 1.13. The van der Waals surface area contributed by atoms with E-state index in [1.54, 1.807) is 14.2 Å². The van der Waals surface area contributed by atoms with Crippen LogP contribution in [0.15, 0.2) is 0 Å².